The Morgan fingerprint density at radius 2 is 1.73 bits per heavy atom. The maximum Gasteiger partial charge on any atom is 0.133 e. The molecule has 0 atom stereocenters. The second kappa shape index (κ2) is 4.23. The molecule has 0 radical (unpaired) electrons. The molecule has 0 amide bonds. The number of hydrogen-bond donors (Lipinski definition) is 0. The summed E-state index contributed by atoms with van der Waals surface area (Å²) in [6.07, 6.45) is 2.72. The number of benzene rings is 1. The molecule has 15 heavy (non-hydrogen) atoms. The second-order valence-corrected chi connectivity index (χ2v) is 4.31. The largest absolute Gasteiger partial charge is 0.497 e. The summed E-state index contributed by atoms with van der Waals surface area (Å²) < 4.78 is 6.35. The summed E-state index contributed by atoms with van der Waals surface area (Å²) in [5.74, 6) is 0.951. The highest BCUT2D eigenvalue weighted by molar-refractivity contribution is 5.46. The molecule has 0 spiro atoms. The van der Waals surface area contributed by atoms with Gasteiger partial charge in [0.25, 0.3) is 0 Å². The third-order valence-corrected chi connectivity index (χ3v) is 3.65. The number of ether oxygens (including phenoxy) is 1. The van der Waals surface area contributed by atoms with Crippen LogP contribution in [0.3, 0.4) is 0 Å². The first-order valence-electron chi connectivity index (χ1n) is 5.81. The minimum Gasteiger partial charge on any atom is -0.497 e. The van der Waals surface area contributed by atoms with Crippen LogP contribution in [0.1, 0.15) is 19.8 Å². The molecule has 82 valence electrons. The maximum atomic E-state index is 5.19. The Hall–Kier alpha value is -1.02. The van der Waals surface area contributed by atoms with Crippen LogP contribution in [0.5, 0.6) is 5.75 Å². The zero-order chi connectivity index (χ0) is 10.7. The van der Waals surface area contributed by atoms with E-state index in [2.05, 4.69) is 31.2 Å². The van der Waals surface area contributed by atoms with Gasteiger partial charge in [-0.05, 0) is 19.1 Å². The zero-order valence-electron chi connectivity index (χ0n) is 9.70. The van der Waals surface area contributed by atoms with Gasteiger partial charge in [0.2, 0.25) is 0 Å². The van der Waals surface area contributed by atoms with Gasteiger partial charge in [-0.3, -0.25) is 4.48 Å². The van der Waals surface area contributed by atoms with Crippen LogP contribution in [0.4, 0.5) is 5.69 Å². The Labute approximate surface area is 92.1 Å². The lowest BCUT2D eigenvalue weighted by atomic mass is 10.2. The molecule has 2 rings (SSSR count). The van der Waals surface area contributed by atoms with E-state index in [0.29, 0.717) is 0 Å². The van der Waals surface area contributed by atoms with Crippen molar-refractivity contribution in [2.75, 3.05) is 26.7 Å². The van der Waals surface area contributed by atoms with Crippen LogP contribution in [0.25, 0.3) is 0 Å². The van der Waals surface area contributed by atoms with Crippen molar-refractivity contribution in [3.8, 4) is 5.75 Å². The van der Waals surface area contributed by atoms with Crippen molar-refractivity contribution in [3.63, 3.8) is 0 Å². The molecule has 0 N–H and O–H groups in total. The van der Waals surface area contributed by atoms with E-state index in [-0.39, 0.29) is 0 Å². The molecule has 1 aliphatic heterocycles. The molecular formula is C13H20NO+. The minimum atomic E-state index is 0.951. The van der Waals surface area contributed by atoms with Gasteiger partial charge in [-0.1, -0.05) is 0 Å². The number of methoxy groups -OCH3 is 1. The molecule has 1 aromatic carbocycles. The lowest BCUT2D eigenvalue weighted by molar-refractivity contribution is 0.350. The molecule has 2 heteroatoms. The predicted molar refractivity (Wildman–Crippen MR) is 64.3 cm³/mol. The number of hydrogen-bond acceptors (Lipinski definition) is 1. The number of likely N-dealkylation sites (tertiary alicyclic amines) is 1. The van der Waals surface area contributed by atoms with Crippen molar-refractivity contribution in [2.24, 2.45) is 0 Å². The van der Waals surface area contributed by atoms with Crippen molar-refractivity contribution in [2.45, 2.75) is 19.8 Å². The van der Waals surface area contributed by atoms with Gasteiger partial charge < -0.3 is 4.74 Å². The molecule has 0 saturated carbocycles. The van der Waals surface area contributed by atoms with Gasteiger partial charge in [0, 0.05) is 25.0 Å². The average molecular weight is 206 g/mol. The molecule has 0 unspecified atom stereocenters. The highest BCUT2D eigenvalue weighted by Gasteiger charge is 2.32. The molecule has 0 aliphatic carbocycles. The molecule has 1 aromatic rings. The van der Waals surface area contributed by atoms with Crippen LogP contribution in [0, 0.1) is 0 Å². The third kappa shape index (κ3) is 1.86. The first-order valence-corrected chi connectivity index (χ1v) is 5.81. The maximum absolute atomic E-state index is 5.19. The summed E-state index contributed by atoms with van der Waals surface area (Å²) >= 11 is 0. The lowest BCUT2D eigenvalue weighted by Gasteiger charge is -2.32. The summed E-state index contributed by atoms with van der Waals surface area (Å²) in [7, 11) is 1.72. The fourth-order valence-corrected chi connectivity index (χ4v) is 2.60. The summed E-state index contributed by atoms with van der Waals surface area (Å²) in [6, 6.07) is 8.58. The molecule has 2 nitrogen and oxygen atoms in total. The van der Waals surface area contributed by atoms with E-state index in [1.807, 2.05) is 0 Å². The van der Waals surface area contributed by atoms with E-state index in [1.165, 1.54) is 38.2 Å². The predicted octanol–water partition coefficient (Wildman–Crippen LogP) is 2.82. The Balaban J connectivity index is 2.26. The normalized spacial score (nSPS) is 19.1. The first kappa shape index (κ1) is 10.5. The average Bonchev–Trinajstić information content (AvgIpc) is 2.79. The number of rotatable bonds is 3. The van der Waals surface area contributed by atoms with Crippen molar-refractivity contribution in [1.29, 1.82) is 0 Å². The Morgan fingerprint density at radius 1 is 1.13 bits per heavy atom. The molecule has 0 bridgehead atoms. The van der Waals surface area contributed by atoms with Crippen molar-refractivity contribution < 1.29 is 4.74 Å². The van der Waals surface area contributed by atoms with Crippen molar-refractivity contribution in [1.82, 2.24) is 4.48 Å². The monoisotopic (exact) mass is 206 g/mol. The van der Waals surface area contributed by atoms with Gasteiger partial charge in [0.1, 0.15) is 11.4 Å². The van der Waals surface area contributed by atoms with E-state index in [4.69, 9.17) is 4.74 Å². The van der Waals surface area contributed by atoms with Gasteiger partial charge in [0.05, 0.1) is 26.7 Å². The molecular weight excluding hydrogens is 186 g/mol. The van der Waals surface area contributed by atoms with Gasteiger partial charge in [-0.2, -0.15) is 0 Å². The van der Waals surface area contributed by atoms with Crippen molar-refractivity contribution >= 4 is 5.69 Å². The minimum absolute atomic E-state index is 0.951. The molecule has 1 fully saturated rings. The van der Waals surface area contributed by atoms with Gasteiger partial charge in [-0.15, -0.1) is 0 Å². The van der Waals surface area contributed by atoms with Gasteiger partial charge >= 0.3 is 0 Å². The van der Waals surface area contributed by atoms with E-state index in [0.717, 1.165) is 10.2 Å². The number of quaternary nitrogens is 1. The topological polar surface area (TPSA) is 9.23 Å². The number of nitrogens with zero attached hydrogens (tertiary/aromatic N) is 1. The second-order valence-electron chi connectivity index (χ2n) is 4.31. The third-order valence-electron chi connectivity index (χ3n) is 3.65. The van der Waals surface area contributed by atoms with Crippen LogP contribution in [0.2, 0.25) is 0 Å². The van der Waals surface area contributed by atoms with E-state index in [1.54, 1.807) is 7.11 Å². The Morgan fingerprint density at radius 3 is 2.20 bits per heavy atom. The molecule has 1 saturated heterocycles. The standard InChI is InChI=1S/C13H20NO/c1-3-14(10-4-5-11-14)12-6-8-13(15-2)9-7-12/h6-9H,3-5,10-11H2,1-2H3/q+1. The zero-order valence-corrected chi connectivity index (χ0v) is 9.70. The molecule has 1 aliphatic rings. The summed E-state index contributed by atoms with van der Waals surface area (Å²) in [5, 5.41) is 0. The molecule has 0 aromatic heterocycles. The first-order chi connectivity index (χ1) is 7.30. The van der Waals surface area contributed by atoms with E-state index in [9.17, 15) is 0 Å². The SMILES string of the molecule is CC[N+]1(c2ccc(OC)cc2)CCCC1. The summed E-state index contributed by atoms with van der Waals surface area (Å²) in [4.78, 5) is 0. The quantitative estimate of drug-likeness (QED) is 0.691. The molecule has 1 heterocycles. The van der Waals surface area contributed by atoms with Crippen molar-refractivity contribution in [3.05, 3.63) is 24.3 Å². The Bertz CT molecular complexity index is 312. The fraction of sp³-hybridized carbons (Fsp3) is 0.538. The van der Waals surface area contributed by atoms with Crippen LogP contribution < -0.4 is 9.22 Å². The van der Waals surface area contributed by atoms with Gasteiger partial charge in [-0.25, -0.2) is 0 Å². The summed E-state index contributed by atoms with van der Waals surface area (Å²) in [6.45, 7) is 6.08. The summed E-state index contributed by atoms with van der Waals surface area (Å²) in [5.41, 5.74) is 1.44. The highest BCUT2D eigenvalue weighted by atomic mass is 16.5. The Kier molecular flexibility index (Phi) is 2.96. The van der Waals surface area contributed by atoms with Crippen LogP contribution in [-0.4, -0.2) is 26.7 Å². The van der Waals surface area contributed by atoms with Crippen LogP contribution in [0.15, 0.2) is 24.3 Å². The van der Waals surface area contributed by atoms with E-state index < -0.39 is 0 Å². The smallest absolute Gasteiger partial charge is 0.133 e. The van der Waals surface area contributed by atoms with Crippen LogP contribution in [-0.2, 0) is 0 Å². The fourth-order valence-electron chi connectivity index (χ4n) is 2.60. The van der Waals surface area contributed by atoms with Crippen LogP contribution >= 0.6 is 0 Å². The highest BCUT2D eigenvalue weighted by Crippen LogP contribution is 2.30. The lowest BCUT2D eigenvalue weighted by Crippen LogP contribution is -2.46. The van der Waals surface area contributed by atoms with Gasteiger partial charge in [0.15, 0.2) is 0 Å². The van der Waals surface area contributed by atoms with E-state index >= 15 is 0 Å².